The first kappa shape index (κ1) is 12.6. The number of carbonyl (C=O) groups is 1. The maximum Gasteiger partial charge on any atom is 0.254 e. The Balaban J connectivity index is 2.12. The fourth-order valence-corrected chi connectivity index (χ4v) is 2.21. The first-order valence-corrected chi connectivity index (χ1v) is 6.05. The van der Waals surface area contributed by atoms with E-state index in [0.717, 1.165) is 0 Å². The molecule has 0 unspecified atom stereocenters. The molecule has 1 fully saturated rings. The summed E-state index contributed by atoms with van der Waals surface area (Å²) in [6.45, 7) is 5.16. The van der Waals surface area contributed by atoms with Gasteiger partial charge in [0.1, 0.15) is 0 Å². The lowest BCUT2D eigenvalue weighted by Gasteiger charge is -2.35. The van der Waals surface area contributed by atoms with Gasteiger partial charge < -0.3 is 9.64 Å². The summed E-state index contributed by atoms with van der Waals surface area (Å²) in [5.74, 6) is 0.00138. The highest BCUT2D eigenvalue weighted by Gasteiger charge is 2.26. The van der Waals surface area contributed by atoms with E-state index in [-0.39, 0.29) is 18.1 Å². The minimum atomic E-state index is 0.00138. The van der Waals surface area contributed by atoms with Crippen LogP contribution in [0.4, 0.5) is 0 Å². The van der Waals surface area contributed by atoms with E-state index in [9.17, 15) is 4.79 Å². The molecule has 1 saturated heterocycles. The predicted molar refractivity (Wildman–Crippen MR) is 67.1 cm³/mol. The number of hydrogen-bond donors (Lipinski definition) is 0. The minimum absolute atomic E-state index is 0.00138. The molecule has 1 aromatic carbocycles. The molecule has 0 radical (unpaired) electrons. The molecule has 0 aliphatic carbocycles. The number of amides is 1. The van der Waals surface area contributed by atoms with Gasteiger partial charge >= 0.3 is 0 Å². The van der Waals surface area contributed by atoms with E-state index in [2.05, 4.69) is 0 Å². The van der Waals surface area contributed by atoms with E-state index in [1.54, 1.807) is 29.2 Å². The molecule has 1 amide bonds. The highest BCUT2D eigenvalue weighted by atomic mass is 16.5. The van der Waals surface area contributed by atoms with E-state index >= 15 is 0 Å². The fourth-order valence-electron chi connectivity index (χ4n) is 2.21. The van der Waals surface area contributed by atoms with Crippen molar-refractivity contribution >= 4 is 5.91 Å². The van der Waals surface area contributed by atoms with Crippen LogP contribution in [0.25, 0.3) is 0 Å². The molecule has 1 aliphatic rings. The second-order valence-corrected chi connectivity index (χ2v) is 4.66. The molecule has 0 spiro atoms. The van der Waals surface area contributed by atoms with Gasteiger partial charge in [-0.2, -0.15) is 5.26 Å². The molecule has 2 atom stereocenters. The summed E-state index contributed by atoms with van der Waals surface area (Å²) in [5.41, 5.74) is 1.19. The molecule has 1 aliphatic heterocycles. The van der Waals surface area contributed by atoms with Crippen LogP contribution in [-0.4, -0.2) is 36.1 Å². The quantitative estimate of drug-likeness (QED) is 0.757. The van der Waals surface area contributed by atoms with E-state index in [0.29, 0.717) is 24.2 Å². The van der Waals surface area contributed by atoms with Crippen LogP contribution < -0.4 is 0 Å². The van der Waals surface area contributed by atoms with Crippen molar-refractivity contribution in [2.45, 2.75) is 26.1 Å². The van der Waals surface area contributed by atoms with Crippen molar-refractivity contribution in [1.29, 1.82) is 5.26 Å². The van der Waals surface area contributed by atoms with Gasteiger partial charge in [0.15, 0.2) is 0 Å². The zero-order valence-electron chi connectivity index (χ0n) is 10.6. The maximum absolute atomic E-state index is 12.3. The van der Waals surface area contributed by atoms with Gasteiger partial charge in [0.25, 0.3) is 5.91 Å². The number of morpholine rings is 1. The smallest absolute Gasteiger partial charge is 0.254 e. The van der Waals surface area contributed by atoms with Crippen LogP contribution in [0.1, 0.15) is 29.8 Å². The minimum Gasteiger partial charge on any atom is -0.372 e. The third kappa shape index (κ3) is 2.69. The Morgan fingerprint density at radius 1 is 1.28 bits per heavy atom. The number of hydrogen-bond acceptors (Lipinski definition) is 3. The van der Waals surface area contributed by atoms with Crippen LogP contribution in [0.5, 0.6) is 0 Å². The van der Waals surface area contributed by atoms with Crippen LogP contribution in [0.3, 0.4) is 0 Å². The second-order valence-electron chi connectivity index (χ2n) is 4.66. The van der Waals surface area contributed by atoms with Crippen LogP contribution in [0.2, 0.25) is 0 Å². The summed E-state index contributed by atoms with van der Waals surface area (Å²) in [6.07, 6.45) is 0.132. The summed E-state index contributed by atoms with van der Waals surface area (Å²) in [4.78, 5) is 14.1. The SMILES string of the molecule is C[C@H]1CN(C(=O)c2ccc(C#N)cc2)C[C@H](C)O1. The van der Waals surface area contributed by atoms with Gasteiger partial charge in [-0.25, -0.2) is 0 Å². The van der Waals surface area contributed by atoms with Crippen LogP contribution >= 0.6 is 0 Å². The lowest BCUT2D eigenvalue weighted by molar-refractivity contribution is -0.0586. The molecule has 2 rings (SSSR count). The first-order valence-electron chi connectivity index (χ1n) is 6.05. The van der Waals surface area contributed by atoms with Gasteiger partial charge in [0.2, 0.25) is 0 Å². The van der Waals surface area contributed by atoms with Gasteiger partial charge in [-0.15, -0.1) is 0 Å². The predicted octanol–water partition coefficient (Wildman–Crippen LogP) is 1.81. The Morgan fingerprint density at radius 2 is 1.83 bits per heavy atom. The maximum atomic E-state index is 12.3. The molecule has 4 nitrogen and oxygen atoms in total. The van der Waals surface area contributed by atoms with Gasteiger partial charge in [0, 0.05) is 18.7 Å². The van der Waals surface area contributed by atoms with Crippen LogP contribution in [-0.2, 0) is 4.74 Å². The molecule has 0 bridgehead atoms. The van der Waals surface area contributed by atoms with Crippen LogP contribution in [0.15, 0.2) is 24.3 Å². The highest BCUT2D eigenvalue weighted by Crippen LogP contribution is 2.14. The normalized spacial score (nSPS) is 23.5. The molecule has 1 aromatic rings. The van der Waals surface area contributed by atoms with Gasteiger partial charge in [-0.1, -0.05) is 0 Å². The fraction of sp³-hybridized carbons (Fsp3) is 0.429. The van der Waals surface area contributed by atoms with E-state index in [1.165, 1.54) is 0 Å². The lowest BCUT2D eigenvalue weighted by atomic mass is 10.1. The van der Waals surface area contributed by atoms with E-state index < -0.39 is 0 Å². The zero-order chi connectivity index (χ0) is 13.1. The number of ether oxygens (including phenoxy) is 1. The monoisotopic (exact) mass is 244 g/mol. The topological polar surface area (TPSA) is 53.3 Å². The Hall–Kier alpha value is -1.86. The number of rotatable bonds is 1. The molecule has 94 valence electrons. The molecular weight excluding hydrogens is 228 g/mol. The van der Waals surface area contributed by atoms with Crippen molar-refractivity contribution in [2.75, 3.05) is 13.1 Å². The molecule has 0 aromatic heterocycles. The van der Waals surface area contributed by atoms with Crippen molar-refractivity contribution in [1.82, 2.24) is 4.90 Å². The summed E-state index contributed by atoms with van der Waals surface area (Å²) in [5, 5.41) is 8.72. The third-order valence-electron chi connectivity index (χ3n) is 2.97. The molecule has 18 heavy (non-hydrogen) atoms. The number of nitriles is 1. The molecule has 0 N–H and O–H groups in total. The third-order valence-corrected chi connectivity index (χ3v) is 2.97. The van der Waals surface area contributed by atoms with Gasteiger partial charge in [-0.05, 0) is 38.1 Å². The molecule has 4 heteroatoms. The lowest BCUT2D eigenvalue weighted by Crippen LogP contribution is -2.48. The van der Waals surface area contributed by atoms with Crippen molar-refractivity contribution < 1.29 is 9.53 Å². The summed E-state index contributed by atoms with van der Waals surface area (Å²) in [6, 6.07) is 8.78. The Labute approximate surface area is 107 Å². The average Bonchev–Trinajstić information content (AvgIpc) is 2.37. The van der Waals surface area contributed by atoms with Gasteiger partial charge in [0.05, 0.1) is 23.8 Å². The van der Waals surface area contributed by atoms with Crippen molar-refractivity contribution in [3.63, 3.8) is 0 Å². The van der Waals surface area contributed by atoms with Crippen molar-refractivity contribution in [3.05, 3.63) is 35.4 Å². The first-order chi connectivity index (χ1) is 8.60. The largest absolute Gasteiger partial charge is 0.372 e. The Kier molecular flexibility index (Phi) is 3.63. The molecular formula is C14H16N2O2. The number of nitrogens with zero attached hydrogens (tertiary/aromatic N) is 2. The molecule has 0 saturated carbocycles. The van der Waals surface area contributed by atoms with Crippen molar-refractivity contribution in [2.24, 2.45) is 0 Å². The standard InChI is InChI=1S/C14H16N2O2/c1-10-8-16(9-11(2)18-10)14(17)13-5-3-12(7-15)4-6-13/h3-6,10-11H,8-9H2,1-2H3/t10-,11-/m0/s1. The summed E-state index contributed by atoms with van der Waals surface area (Å²) >= 11 is 0. The summed E-state index contributed by atoms with van der Waals surface area (Å²) in [7, 11) is 0. The highest BCUT2D eigenvalue weighted by molar-refractivity contribution is 5.94. The van der Waals surface area contributed by atoms with Crippen LogP contribution in [0, 0.1) is 11.3 Å². The Morgan fingerprint density at radius 3 is 2.33 bits per heavy atom. The average molecular weight is 244 g/mol. The number of carbonyl (C=O) groups excluding carboxylic acids is 1. The Bertz CT molecular complexity index is 466. The summed E-state index contributed by atoms with van der Waals surface area (Å²) < 4.78 is 5.60. The van der Waals surface area contributed by atoms with Gasteiger partial charge in [-0.3, -0.25) is 4.79 Å². The van der Waals surface area contributed by atoms with E-state index in [4.69, 9.17) is 10.00 Å². The second kappa shape index (κ2) is 5.19. The number of benzene rings is 1. The van der Waals surface area contributed by atoms with Crippen molar-refractivity contribution in [3.8, 4) is 6.07 Å². The molecule has 1 heterocycles. The zero-order valence-corrected chi connectivity index (χ0v) is 10.6. The van der Waals surface area contributed by atoms with E-state index in [1.807, 2.05) is 19.9 Å².